The Morgan fingerprint density at radius 1 is 1.17 bits per heavy atom. The van der Waals surface area contributed by atoms with Gasteiger partial charge >= 0.3 is 0 Å². The van der Waals surface area contributed by atoms with Crippen LogP contribution in [-0.4, -0.2) is 22.5 Å². The number of nitrogens with one attached hydrogen (secondary N) is 1. The maximum absolute atomic E-state index is 12.3. The molecule has 0 aliphatic rings. The molecule has 24 heavy (non-hydrogen) atoms. The summed E-state index contributed by atoms with van der Waals surface area (Å²) in [4.78, 5) is 14.1. The number of halogens is 1. The topological polar surface area (TPSA) is 56.1 Å². The second-order valence-electron chi connectivity index (χ2n) is 5.05. The molecule has 0 saturated carbocycles. The van der Waals surface area contributed by atoms with Gasteiger partial charge in [-0.2, -0.15) is 5.26 Å². The summed E-state index contributed by atoms with van der Waals surface area (Å²) in [6.07, 6.45) is 0.314. The molecule has 0 spiro atoms. The van der Waals surface area contributed by atoms with Gasteiger partial charge in [-0.3, -0.25) is 10.1 Å². The molecule has 2 aromatic rings. The lowest BCUT2D eigenvalue weighted by molar-refractivity contribution is 0.0973. The quantitative estimate of drug-likeness (QED) is 0.827. The summed E-state index contributed by atoms with van der Waals surface area (Å²) in [5.41, 5.74) is 1.41. The Labute approximate surface area is 151 Å². The van der Waals surface area contributed by atoms with E-state index >= 15 is 0 Å². The fourth-order valence-electron chi connectivity index (χ4n) is 2.13. The molecular weight excluding hydrogens is 342 g/mol. The lowest BCUT2D eigenvalue weighted by Gasteiger charge is -2.24. The summed E-state index contributed by atoms with van der Waals surface area (Å²) in [6, 6.07) is 18.6. The third-order valence-corrected chi connectivity index (χ3v) is 4.03. The second-order valence-corrected chi connectivity index (χ2v) is 5.85. The highest BCUT2D eigenvalue weighted by atomic mass is 35.5. The molecule has 1 amide bonds. The molecule has 0 aliphatic heterocycles. The molecule has 0 aromatic heterocycles. The van der Waals surface area contributed by atoms with Crippen LogP contribution in [0.3, 0.4) is 0 Å². The van der Waals surface area contributed by atoms with Crippen molar-refractivity contribution in [1.82, 2.24) is 10.2 Å². The van der Waals surface area contributed by atoms with Gasteiger partial charge in [-0.05, 0) is 29.9 Å². The average Bonchev–Trinajstić information content (AvgIpc) is 2.59. The van der Waals surface area contributed by atoms with Gasteiger partial charge in [0, 0.05) is 13.1 Å². The van der Waals surface area contributed by atoms with Crippen LogP contribution in [0.15, 0.2) is 54.6 Å². The summed E-state index contributed by atoms with van der Waals surface area (Å²) >= 11 is 11.4. The Morgan fingerprint density at radius 2 is 1.83 bits per heavy atom. The van der Waals surface area contributed by atoms with E-state index in [0.29, 0.717) is 30.1 Å². The summed E-state index contributed by atoms with van der Waals surface area (Å²) in [7, 11) is 0. The minimum atomic E-state index is -0.361. The predicted molar refractivity (Wildman–Crippen MR) is 98.6 cm³/mol. The summed E-state index contributed by atoms with van der Waals surface area (Å²) in [5, 5.41) is 12.2. The van der Waals surface area contributed by atoms with E-state index in [1.54, 1.807) is 29.2 Å². The highest BCUT2D eigenvalue weighted by Gasteiger charge is 2.16. The molecule has 2 aromatic carbocycles. The summed E-state index contributed by atoms with van der Waals surface area (Å²) in [6.45, 7) is 0.956. The minimum Gasteiger partial charge on any atom is -0.344 e. The van der Waals surface area contributed by atoms with E-state index < -0.39 is 0 Å². The Bertz CT molecular complexity index is 758. The molecule has 2 rings (SSSR count). The molecule has 0 unspecified atom stereocenters. The number of amides is 1. The number of hydrogen-bond acceptors (Lipinski definition) is 3. The van der Waals surface area contributed by atoms with Crippen LogP contribution in [0.5, 0.6) is 0 Å². The molecule has 0 saturated heterocycles. The van der Waals surface area contributed by atoms with Crippen molar-refractivity contribution in [3.63, 3.8) is 0 Å². The monoisotopic (exact) mass is 357 g/mol. The lowest BCUT2D eigenvalue weighted by Crippen LogP contribution is -2.42. The SMILES string of the molecule is N#CCCN(Cc1ccccc1)C(=S)NC(=O)c1ccccc1Cl. The molecule has 0 fully saturated rings. The van der Waals surface area contributed by atoms with Gasteiger partial charge in [0.1, 0.15) is 0 Å². The van der Waals surface area contributed by atoms with E-state index in [2.05, 4.69) is 11.4 Å². The highest BCUT2D eigenvalue weighted by Crippen LogP contribution is 2.15. The van der Waals surface area contributed by atoms with Gasteiger partial charge in [0.15, 0.2) is 5.11 Å². The van der Waals surface area contributed by atoms with E-state index in [-0.39, 0.29) is 11.0 Å². The van der Waals surface area contributed by atoms with Crippen molar-refractivity contribution in [3.05, 3.63) is 70.7 Å². The van der Waals surface area contributed by atoms with Gasteiger partial charge in [0.05, 0.1) is 23.1 Å². The smallest absolute Gasteiger partial charge is 0.258 e. The molecule has 6 heteroatoms. The third-order valence-electron chi connectivity index (χ3n) is 3.34. The van der Waals surface area contributed by atoms with Crippen LogP contribution in [0.1, 0.15) is 22.3 Å². The van der Waals surface area contributed by atoms with Crippen molar-refractivity contribution in [1.29, 1.82) is 5.26 Å². The van der Waals surface area contributed by atoms with Gasteiger partial charge in [-0.1, -0.05) is 54.1 Å². The van der Waals surface area contributed by atoms with Crippen molar-refractivity contribution in [2.45, 2.75) is 13.0 Å². The molecule has 4 nitrogen and oxygen atoms in total. The van der Waals surface area contributed by atoms with E-state index in [1.165, 1.54) is 0 Å². The van der Waals surface area contributed by atoms with E-state index in [4.69, 9.17) is 29.1 Å². The maximum Gasteiger partial charge on any atom is 0.258 e. The first-order valence-electron chi connectivity index (χ1n) is 7.37. The van der Waals surface area contributed by atoms with Crippen LogP contribution in [0.25, 0.3) is 0 Å². The number of carbonyl (C=O) groups is 1. The van der Waals surface area contributed by atoms with Crippen LogP contribution in [0.2, 0.25) is 5.02 Å². The van der Waals surface area contributed by atoms with Crippen LogP contribution in [0.4, 0.5) is 0 Å². The van der Waals surface area contributed by atoms with Crippen LogP contribution >= 0.6 is 23.8 Å². The Kier molecular flexibility index (Phi) is 6.74. The number of benzene rings is 2. The molecule has 0 atom stereocenters. The first-order chi connectivity index (χ1) is 11.6. The zero-order valence-electron chi connectivity index (χ0n) is 12.9. The van der Waals surface area contributed by atoms with E-state index in [9.17, 15) is 4.79 Å². The number of carbonyl (C=O) groups excluding carboxylic acids is 1. The van der Waals surface area contributed by atoms with Crippen LogP contribution < -0.4 is 5.32 Å². The fourth-order valence-corrected chi connectivity index (χ4v) is 2.60. The Morgan fingerprint density at radius 3 is 2.50 bits per heavy atom. The van der Waals surface area contributed by atoms with Crippen molar-refractivity contribution in [2.75, 3.05) is 6.54 Å². The molecule has 0 heterocycles. The third kappa shape index (κ3) is 5.05. The predicted octanol–water partition coefficient (Wildman–Crippen LogP) is 3.77. The van der Waals surface area contributed by atoms with Crippen LogP contribution in [-0.2, 0) is 6.54 Å². The van der Waals surface area contributed by atoms with Crippen molar-refractivity contribution in [2.24, 2.45) is 0 Å². The zero-order chi connectivity index (χ0) is 17.4. The van der Waals surface area contributed by atoms with Crippen molar-refractivity contribution in [3.8, 4) is 6.07 Å². The molecule has 122 valence electrons. The number of nitrogens with zero attached hydrogens (tertiary/aromatic N) is 2. The van der Waals surface area contributed by atoms with E-state index in [1.807, 2.05) is 30.3 Å². The number of thiocarbonyl (C=S) groups is 1. The molecule has 0 aliphatic carbocycles. The van der Waals surface area contributed by atoms with Gasteiger partial charge in [-0.25, -0.2) is 0 Å². The molecular formula is C18H16ClN3OS. The largest absolute Gasteiger partial charge is 0.344 e. The van der Waals surface area contributed by atoms with Gasteiger partial charge in [0.25, 0.3) is 5.91 Å². The average molecular weight is 358 g/mol. The number of rotatable bonds is 5. The number of nitriles is 1. The first-order valence-corrected chi connectivity index (χ1v) is 8.16. The molecule has 0 radical (unpaired) electrons. The number of hydrogen-bond donors (Lipinski definition) is 1. The first kappa shape index (κ1) is 17.9. The Hall–Kier alpha value is -2.42. The van der Waals surface area contributed by atoms with E-state index in [0.717, 1.165) is 5.56 Å². The second kappa shape index (κ2) is 9.02. The molecule has 1 N–H and O–H groups in total. The van der Waals surface area contributed by atoms with Gasteiger partial charge in [0.2, 0.25) is 0 Å². The minimum absolute atomic E-state index is 0.277. The standard InChI is InChI=1S/C18H16ClN3OS/c19-16-10-5-4-9-15(16)17(23)21-18(24)22(12-6-11-20)13-14-7-2-1-3-8-14/h1-5,7-10H,6,12-13H2,(H,21,23,24). The molecule has 0 bridgehead atoms. The maximum atomic E-state index is 12.3. The normalized spacial score (nSPS) is 9.83. The van der Waals surface area contributed by atoms with Crippen molar-refractivity contribution < 1.29 is 4.79 Å². The van der Waals surface area contributed by atoms with Gasteiger partial charge in [-0.15, -0.1) is 0 Å². The lowest BCUT2D eigenvalue weighted by atomic mass is 10.2. The van der Waals surface area contributed by atoms with Gasteiger partial charge < -0.3 is 4.90 Å². The zero-order valence-corrected chi connectivity index (χ0v) is 14.5. The summed E-state index contributed by atoms with van der Waals surface area (Å²) < 4.78 is 0. The van der Waals surface area contributed by atoms with Crippen LogP contribution in [0, 0.1) is 11.3 Å². The van der Waals surface area contributed by atoms with Crippen molar-refractivity contribution >= 4 is 34.8 Å². The highest BCUT2D eigenvalue weighted by molar-refractivity contribution is 7.80. The fraction of sp³-hybridized carbons (Fsp3) is 0.167. The Balaban J connectivity index is 2.08. The summed E-state index contributed by atoms with van der Waals surface area (Å²) in [5.74, 6) is -0.361.